The second kappa shape index (κ2) is 5.89. The maximum absolute atomic E-state index is 5.39. The van der Waals surface area contributed by atoms with E-state index >= 15 is 0 Å². The predicted molar refractivity (Wildman–Crippen MR) is 69.2 cm³/mol. The summed E-state index contributed by atoms with van der Waals surface area (Å²) in [4.78, 5) is 4.08. The molecule has 0 saturated carbocycles. The third kappa shape index (κ3) is 3.48. The van der Waals surface area contributed by atoms with Crippen molar-refractivity contribution in [2.45, 2.75) is 13.5 Å². The number of benzene rings is 1. The van der Waals surface area contributed by atoms with Crippen molar-refractivity contribution in [3.05, 3.63) is 54.4 Å². The Morgan fingerprint density at radius 2 is 2.00 bits per heavy atom. The lowest BCUT2D eigenvalue weighted by molar-refractivity contribution is 0.340. The van der Waals surface area contributed by atoms with E-state index in [0.29, 0.717) is 6.61 Å². The van der Waals surface area contributed by atoms with E-state index in [9.17, 15) is 0 Å². The maximum atomic E-state index is 5.39. The number of pyridine rings is 1. The zero-order valence-corrected chi connectivity index (χ0v) is 9.89. The second-order valence-electron chi connectivity index (χ2n) is 3.67. The summed E-state index contributed by atoms with van der Waals surface area (Å²) in [6, 6.07) is 12.0. The summed E-state index contributed by atoms with van der Waals surface area (Å²) < 4.78 is 5.39. The third-order valence-electron chi connectivity index (χ3n) is 2.38. The minimum atomic E-state index is 0.697. The molecule has 0 aliphatic carbocycles. The number of anilines is 1. The van der Waals surface area contributed by atoms with Crippen LogP contribution >= 0.6 is 0 Å². The molecule has 3 heteroatoms. The monoisotopic (exact) mass is 228 g/mol. The van der Waals surface area contributed by atoms with Gasteiger partial charge in [0.1, 0.15) is 5.75 Å². The lowest BCUT2D eigenvalue weighted by Crippen LogP contribution is -1.99. The van der Waals surface area contributed by atoms with Crippen molar-refractivity contribution in [1.82, 2.24) is 4.98 Å². The van der Waals surface area contributed by atoms with Gasteiger partial charge in [-0.2, -0.15) is 0 Å². The van der Waals surface area contributed by atoms with Gasteiger partial charge in [-0.1, -0.05) is 6.07 Å². The Labute approximate surface area is 101 Å². The Morgan fingerprint density at radius 1 is 1.18 bits per heavy atom. The molecule has 0 atom stereocenters. The SMILES string of the molecule is CCOc1ccc(NCc2cccnc2)cc1. The Balaban J connectivity index is 1.91. The van der Waals surface area contributed by atoms with Gasteiger partial charge in [0, 0.05) is 24.6 Å². The van der Waals surface area contributed by atoms with Gasteiger partial charge < -0.3 is 10.1 Å². The Hall–Kier alpha value is -2.03. The van der Waals surface area contributed by atoms with Crippen molar-refractivity contribution < 1.29 is 4.74 Å². The van der Waals surface area contributed by atoms with Crippen LogP contribution in [-0.4, -0.2) is 11.6 Å². The summed E-state index contributed by atoms with van der Waals surface area (Å²) >= 11 is 0. The van der Waals surface area contributed by atoms with E-state index in [-0.39, 0.29) is 0 Å². The zero-order chi connectivity index (χ0) is 11.9. The highest BCUT2D eigenvalue weighted by atomic mass is 16.5. The van der Waals surface area contributed by atoms with Crippen molar-refractivity contribution in [1.29, 1.82) is 0 Å². The normalized spacial score (nSPS) is 9.94. The summed E-state index contributed by atoms with van der Waals surface area (Å²) in [5, 5.41) is 3.33. The molecule has 0 amide bonds. The van der Waals surface area contributed by atoms with Gasteiger partial charge in [-0.3, -0.25) is 4.98 Å². The average Bonchev–Trinajstić information content (AvgIpc) is 2.40. The predicted octanol–water partition coefficient (Wildman–Crippen LogP) is 3.09. The quantitative estimate of drug-likeness (QED) is 0.853. The zero-order valence-electron chi connectivity index (χ0n) is 9.89. The molecule has 0 radical (unpaired) electrons. The van der Waals surface area contributed by atoms with Gasteiger partial charge in [0.05, 0.1) is 6.61 Å². The van der Waals surface area contributed by atoms with Crippen molar-refractivity contribution in [2.24, 2.45) is 0 Å². The fraction of sp³-hybridized carbons (Fsp3) is 0.214. The molecule has 2 aromatic rings. The molecule has 1 aromatic heterocycles. The van der Waals surface area contributed by atoms with Crippen LogP contribution in [0.5, 0.6) is 5.75 Å². The Morgan fingerprint density at radius 3 is 2.65 bits per heavy atom. The highest BCUT2D eigenvalue weighted by molar-refractivity contribution is 5.46. The lowest BCUT2D eigenvalue weighted by Gasteiger charge is -2.07. The molecular formula is C14H16N2O. The van der Waals surface area contributed by atoms with E-state index in [1.54, 1.807) is 6.20 Å². The number of ether oxygens (including phenoxy) is 1. The molecule has 1 N–H and O–H groups in total. The molecule has 0 saturated heterocycles. The standard InChI is InChI=1S/C14H16N2O/c1-2-17-14-7-5-13(6-8-14)16-11-12-4-3-9-15-10-12/h3-10,16H,2,11H2,1H3. The van der Waals surface area contributed by atoms with Gasteiger partial charge in [0.25, 0.3) is 0 Å². The molecule has 0 spiro atoms. The van der Waals surface area contributed by atoms with E-state index < -0.39 is 0 Å². The van der Waals surface area contributed by atoms with Crippen molar-refractivity contribution in [2.75, 3.05) is 11.9 Å². The summed E-state index contributed by atoms with van der Waals surface area (Å²) in [6.07, 6.45) is 3.64. The molecule has 88 valence electrons. The largest absolute Gasteiger partial charge is 0.494 e. The molecule has 0 aliphatic rings. The highest BCUT2D eigenvalue weighted by Crippen LogP contribution is 2.16. The van der Waals surface area contributed by atoms with Crippen LogP contribution in [0.1, 0.15) is 12.5 Å². The average molecular weight is 228 g/mol. The summed E-state index contributed by atoms with van der Waals surface area (Å²) in [5.74, 6) is 0.902. The molecule has 1 heterocycles. The number of rotatable bonds is 5. The van der Waals surface area contributed by atoms with Gasteiger partial charge in [0.2, 0.25) is 0 Å². The van der Waals surface area contributed by atoms with Crippen LogP contribution < -0.4 is 10.1 Å². The number of nitrogens with one attached hydrogen (secondary N) is 1. The first-order valence-corrected chi connectivity index (χ1v) is 5.74. The molecule has 0 bridgehead atoms. The van der Waals surface area contributed by atoms with Gasteiger partial charge in [-0.15, -0.1) is 0 Å². The molecule has 1 aromatic carbocycles. The van der Waals surface area contributed by atoms with E-state index in [1.807, 2.05) is 43.5 Å². The molecule has 0 unspecified atom stereocenters. The first-order chi connectivity index (χ1) is 8.38. The minimum Gasteiger partial charge on any atom is -0.494 e. The molecule has 17 heavy (non-hydrogen) atoms. The van der Waals surface area contributed by atoms with Crippen LogP contribution in [0, 0.1) is 0 Å². The Bertz CT molecular complexity index is 440. The van der Waals surface area contributed by atoms with Crippen LogP contribution in [0.15, 0.2) is 48.8 Å². The van der Waals surface area contributed by atoms with E-state index in [1.165, 1.54) is 5.56 Å². The van der Waals surface area contributed by atoms with Crippen LogP contribution in [0.3, 0.4) is 0 Å². The summed E-state index contributed by atoms with van der Waals surface area (Å²) in [6.45, 7) is 3.46. The topological polar surface area (TPSA) is 34.1 Å². The number of aromatic nitrogens is 1. The molecular weight excluding hydrogens is 212 g/mol. The van der Waals surface area contributed by atoms with Gasteiger partial charge in [-0.05, 0) is 42.8 Å². The van der Waals surface area contributed by atoms with Crippen LogP contribution in [0.25, 0.3) is 0 Å². The molecule has 0 aliphatic heterocycles. The summed E-state index contributed by atoms with van der Waals surface area (Å²) in [7, 11) is 0. The molecule has 3 nitrogen and oxygen atoms in total. The molecule has 2 rings (SSSR count). The van der Waals surface area contributed by atoms with Crippen LogP contribution in [0.4, 0.5) is 5.69 Å². The van der Waals surface area contributed by atoms with E-state index in [2.05, 4.69) is 16.4 Å². The Kier molecular flexibility index (Phi) is 3.97. The van der Waals surface area contributed by atoms with Gasteiger partial charge in [0.15, 0.2) is 0 Å². The number of hydrogen-bond acceptors (Lipinski definition) is 3. The van der Waals surface area contributed by atoms with E-state index in [0.717, 1.165) is 18.0 Å². The molecule has 0 fully saturated rings. The first-order valence-electron chi connectivity index (χ1n) is 5.74. The number of hydrogen-bond donors (Lipinski definition) is 1. The van der Waals surface area contributed by atoms with Crippen LogP contribution in [-0.2, 0) is 6.54 Å². The van der Waals surface area contributed by atoms with Crippen molar-refractivity contribution in [3.63, 3.8) is 0 Å². The van der Waals surface area contributed by atoms with E-state index in [4.69, 9.17) is 4.74 Å². The smallest absolute Gasteiger partial charge is 0.119 e. The third-order valence-corrected chi connectivity index (χ3v) is 2.38. The first kappa shape index (κ1) is 11.5. The summed E-state index contributed by atoms with van der Waals surface area (Å²) in [5.41, 5.74) is 2.25. The van der Waals surface area contributed by atoms with Gasteiger partial charge >= 0.3 is 0 Å². The minimum absolute atomic E-state index is 0.697. The van der Waals surface area contributed by atoms with Gasteiger partial charge in [-0.25, -0.2) is 0 Å². The highest BCUT2D eigenvalue weighted by Gasteiger charge is 1.95. The maximum Gasteiger partial charge on any atom is 0.119 e. The van der Waals surface area contributed by atoms with Crippen molar-refractivity contribution in [3.8, 4) is 5.75 Å². The van der Waals surface area contributed by atoms with Crippen LogP contribution in [0.2, 0.25) is 0 Å². The number of nitrogens with zero attached hydrogens (tertiary/aromatic N) is 1. The second-order valence-corrected chi connectivity index (χ2v) is 3.67. The fourth-order valence-corrected chi connectivity index (χ4v) is 1.54. The van der Waals surface area contributed by atoms with Crippen molar-refractivity contribution >= 4 is 5.69 Å². The fourth-order valence-electron chi connectivity index (χ4n) is 1.54. The lowest BCUT2D eigenvalue weighted by atomic mass is 10.2.